The number of nitrogens with zero attached hydrogens (tertiary/aromatic N) is 5. The molecular weight excluding hydrogens is 318 g/mol. The topological polar surface area (TPSA) is 88.4 Å². The maximum absolute atomic E-state index is 12.5. The Kier molecular flexibility index (Phi) is 4.14. The van der Waals surface area contributed by atoms with E-state index in [0.29, 0.717) is 31.7 Å². The molecule has 0 N–H and O–H groups in total. The van der Waals surface area contributed by atoms with Crippen molar-refractivity contribution in [2.24, 2.45) is 0 Å². The zero-order valence-electron chi connectivity index (χ0n) is 12.7. The van der Waals surface area contributed by atoms with Gasteiger partial charge in [0.25, 0.3) is 5.91 Å². The molecule has 0 bridgehead atoms. The first kappa shape index (κ1) is 15.6. The van der Waals surface area contributed by atoms with Crippen LogP contribution in [0.25, 0.3) is 5.69 Å². The van der Waals surface area contributed by atoms with Crippen molar-refractivity contribution in [1.29, 1.82) is 0 Å². The van der Waals surface area contributed by atoms with E-state index in [1.165, 1.54) is 16.9 Å². The van der Waals surface area contributed by atoms with Crippen LogP contribution in [0.5, 0.6) is 0 Å². The maximum atomic E-state index is 12.5. The van der Waals surface area contributed by atoms with Gasteiger partial charge in [0.05, 0.1) is 11.9 Å². The summed E-state index contributed by atoms with van der Waals surface area (Å²) >= 11 is 0. The number of benzene rings is 1. The molecule has 2 heterocycles. The summed E-state index contributed by atoms with van der Waals surface area (Å²) in [5.74, 6) is -0.0942. The molecule has 1 amide bonds. The van der Waals surface area contributed by atoms with E-state index in [1.807, 2.05) is 0 Å². The van der Waals surface area contributed by atoms with E-state index >= 15 is 0 Å². The van der Waals surface area contributed by atoms with E-state index in [9.17, 15) is 13.2 Å². The van der Waals surface area contributed by atoms with Crippen LogP contribution < -0.4 is 0 Å². The predicted octanol–water partition coefficient (Wildman–Crippen LogP) is -0.0153. The van der Waals surface area contributed by atoms with E-state index in [0.717, 1.165) is 5.69 Å². The molecule has 0 aliphatic carbocycles. The second kappa shape index (κ2) is 6.09. The minimum Gasteiger partial charge on any atom is -0.336 e. The number of sulfonamides is 1. The summed E-state index contributed by atoms with van der Waals surface area (Å²) in [6.07, 6.45) is 4.22. The first-order valence-electron chi connectivity index (χ1n) is 7.14. The third kappa shape index (κ3) is 3.40. The second-order valence-electron chi connectivity index (χ2n) is 5.34. The van der Waals surface area contributed by atoms with Crippen LogP contribution in [0.4, 0.5) is 0 Å². The Morgan fingerprint density at radius 1 is 1.09 bits per heavy atom. The molecule has 23 heavy (non-hydrogen) atoms. The maximum Gasteiger partial charge on any atom is 0.253 e. The number of rotatable bonds is 3. The van der Waals surface area contributed by atoms with Gasteiger partial charge in [-0.1, -0.05) is 0 Å². The van der Waals surface area contributed by atoms with Gasteiger partial charge in [0.2, 0.25) is 10.0 Å². The first-order valence-corrected chi connectivity index (χ1v) is 8.99. The van der Waals surface area contributed by atoms with Gasteiger partial charge < -0.3 is 4.90 Å². The van der Waals surface area contributed by atoms with Crippen molar-refractivity contribution in [2.45, 2.75) is 0 Å². The van der Waals surface area contributed by atoms with Gasteiger partial charge in [0.1, 0.15) is 12.7 Å². The van der Waals surface area contributed by atoms with E-state index in [2.05, 4.69) is 10.1 Å². The van der Waals surface area contributed by atoms with Crippen molar-refractivity contribution in [3.63, 3.8) is 0 Å². The zero-order valence-corrected chi connectivity index (χ0v) is 13.5. The number of carbonyl (C=O) groups is 1. The van der Waals surface area contributed by atoms with Crippen molar-refractivity contribution < 1.29 is 13.2 Å². The van der Waals surface area contributed by atoms with E-state index in [-0.39, 0.29) is 5.91 Å². The molecule has 1 saturated heterocycles. The van der Waals surface area contributed by atoms with Gasteiger partial charge in [-0.15, -0.1) is 0 Å². The minimum absolute atomic E-state index is 0.0942. The fourth-order valence-electron chi connectivity index (χ4n) is 2.50. The molecule has 0 atom stereocenters. The number of amides is 1. The predicted molar refractivity (Wildman–Crippen MR) is 83.7 cm³/mol. The summed E-state index contributed by atoms with van der Waals surface area (Å²) in [7, 11) is -3.19. The van der Waals surface area contributed by atoms with Gasteiger partial charge in [-0.05, 0) is 24.3 Å². The standard InChI is InChI=1S/C14H17N5O3S/c1-23(21,22)18-8-6-17(7-9-18)14(20)12-2-4-13(5-3-12)19-11-15-10-16-19/h2-5,10-11H,6-9H2,1H3. The fraction of sp³-hybridized carbons (Fsp3) is 0.357. The SMILES string of the molecule is CS(=O)(=O)N1CCN(C(=O)c2ccc(-n3cncn3)cc2)CC1. The molecule has 0 spiro atoms. The lowest BCUT2D eigenvalue weighted by atomic mass is 10.1. The molecule has 1 aromatic carbocycles. The van der Waals surface area contributed by atoms with Crippen molar-refractivity contribution in [3.8, 4) is 5.69 Å². The lowest BCUT2D eigenvalue weighted by Gasteiger charge is -2.33. The molecule has 1 aliphatic heterocycles. The molecule has 0 radical (unpaired) electrons. The van der Waals surface area contributed by atoms with Crippen LogP contribution in [0.3, 0.4) is 0 Å². The Balaban J connectivity index is 1.67. The van der Waals surface area contributed by atoms with E-state index in [1.54, 1.807) is 40.2 Å². The number of hydrogen-bond donors (Lipinski definition) is 0. The van der Waals surface area contributed by atoms with Crippen LogP contribution in [-0.4, -0.2) is 70.7 Å². The number of carbonyl (C=O) groups excluding carboxylic acids is 1. The summed E-state index contributed by atoms with van der Waals surface area (Å²) in [5.41, 5.74) is 1.39. The Hall–Kier alpha value is -2.26. The van der Waals surface area contributed by atoms with E-state index < -0.39 is 10.0 Å². The lowest BCUT2D eigenvalue weighted by molar-refractivity contribution is 0.0698. The van der Waals surface area contributed by atoms with Crippen LogP contribution in [0, 0.1) is 0 Å². The number of aromatic nitrogens is 3. The highest BCUT2D eigenvalue weighted by atomic mass is 32.2. The largest absolute Gasteiger partial charge is 0.336 e. The fourth-order valence-corrected chi connectivity index (χ4v) is 3.33. The third-order valence-corrected chi connectivity index (χ3v) is 5.10. The van der Waals surface area contributed by atoms with Gasteiger partial charge in [0, 0.05) is 31.7 Å². The van der Waals surface area contributed by atoms with Crippen molar-refractivity contribution in [1.82, 2.24) is 24.0 Å². The Bertz CT molecular complexity index is 778. The van der Waals surface area contributed by atoms with Crippen LogP contribution >= 0.6 is 0 Å². The smallest absolute Gasteiger partial charge is 0.253 e. The zero-order chi connectivity index (χ0) is 16.4. The lowest BCUT2D eigenvalue weighted by Crippen LogP contribution is -2.50. The van der Waals surface area contributed by atoms with Crippen molar-refractivity contribution in [3.05, 3.63) is 42.5 Å². The molecule has 0 saturated carbocycles. The van der Waals surface area contributed by atoms with Crippen LogP contribution in [0.1, 0.15) is 10.4 Å². The Labute approximate surface area is 134 Å². The van der Waals surface area contributed by atoms with Crippen LogP contribution in [-0.2, 0) is 10.0 Å². The minimum atomic E-state index is -3.19. The van der Waals surface area contributed by atoms with Crippen LogP contribution in [0.2, 0.25) is 0 Å². The van der Waals surface area contributed by atoms with Gasteiger partial charge in [-0.3, -0.25) is 4.79 Å². The van der Waals surface area contributed by atoms with Gasteiger partial charge in [-0.25, -0.2) is 18.1 Å². The van der Waals surface area contributed by atoms with Crippen molar-refractivity contribution in [2.75, 3.05) is 32.4 Å². The normalized spacial score (nSPS) is 16.5. The highest BCUT2D eigenvalue weighted by Crippen LogP contribution is 2.13. The summed E-state index contributed by atoms with van der Waals surface area (Å²) in [4.78, 5) is 18.0. The third-order valence-electron chi connectivity index (χ3n) is 3.79. The van der Waals surface area contributed by atoms with Crippen LogP contribution in [0.15, 0.2) is 36.9 Å². The molecule has 9 heteroatoms. The molecule has 1 aliphatic rings. The molecule has 1 fully saturated rings. The summed E-state index contributed by atoms with van der Waals surface area (Å²) < 4.78 is 26.0. The van der Waals surface area contributed by atoms with Crippen molar-refractivity contribution >= 4 is 15.9 Å². The second-order valence-corrected chi connectivity index (χ2v) is 7.32. The molecule has 2 aromatic rings. The average Bonchev–Trinajstić information content (AvgIpc) is 3.08. The molecule has 3 rings (SSSR count). The molecular formula is C14H17N5O3S. The molecule has 1 aromatic heterocycles. The summed E-state index contributed by atoms with van der Waals surface area (Å²) in [5, 5.41) is 4.03. The Morgan fingerprint density at radius 3 is 2.26 bits per heavy atom. The highest BCUT2D eigenvalue weighted by molar-refractivity contribution is 7.88. The number of piperazine rings is 1. The number of hydrogen-bond acceptors (Lipinski definition) is 5. The molecule has 122 valence electrons. The highest BCUT2D eigenvalue weighted by Gasteiger charge is 2.26. The quantitative estimate of drug-likeness (QED) is 0.787. The van der Waals surface area contributed by atoms with Gasteiger partial charge in [-0.2, -0.15) is 9.40 Å². The Morgan fingerprint density at radius 2 is 1.74 bits per heavy atom. The summed E-state index contributed by atoms with van der Waals surface area (Å²) in [6, 6.07) is 7.08. The van der Waals surface area contributed by atoms with Gasteiger partial charge in [0.15, 0.2) is 0 Å². The summed E-state index contributed by atoms with van der Waals surface area (Å²) in [6.45, 7) is 1.47. The monoisotopic (exact) mass is 335 g/mol. The molecule has 8 nitrogen and oxygen atoms in total. The van der Waals surface area contributed by atoms with E-state index in [4.69, 9.17) is 0 Å². The van der Waals surface area contributed by atoms with Gasteiger partial charge >= 0.3 is 0 Å². The first-order chi connectivity index (χ1) is 10.9. The average molecular weight is 335 g/mol. The molecule has 0 unspecified atom stereocenters.